The van der Waals surface area contributed by atoms with E-state index in [1.807, 2.05) is 42.6 Å². The van der Waals surface area contributed by atoms with E-state index in [9.17, 15) is 0 Å². The fraction of sp³-hybridized carbons (Fsp3) is 0.200. The Kier molecular flexibility index (Phi) is 5.81. The van der Waals surface area contributed by atoms with Crippen molar-refractivity contribution in [2.75, 3.05) is 36.8 Å². The van der Waals surface area contributed by atoms with Gasteiger partial charge in [-0.2, -0.15) is 5.26 Å². The van der Waals surface area contributed by atoms with Gasteiger partial charge >= 0.3 is 0 Å². The molecule has 0 atom stereocenters. The van der Waals surface area contributed by atoms with E-state index < -0.39 is 0 Å². The number of pyridine rings is 1. The van der Waals surface area contributed by atoms with Crippen LogP contribution in [-0.4, -0.2) is 31.2 Å². The van der Waals surface area contributed by atoms with Crippen LogP contribution < -0.4 is 16.0 Å². The van der Waals surface area contributed by atoms with Crippen LogP contribution in [0.3, 0.4) is 0 Å². The SMILES string of the molecule is N#Cc1ccccc1NCCNCCNc1cccc2cccnc12. The summed E-state index contributed by atoms with van der Waals surface area (Å²) in [5, 5.41) is 20.3. The highest BCUT2D eigenvalue weighted by Gasteiger charge is 2.01. The van der Waals surface area contributed by atoms with Crippen LogP contribution in [0.2, 0.25) is 0 Å². The van der Waals surface area contributed by atoms with Gasteiger partial charge in [0.05, 0.1) is 22.5 Å². The largest absolute Gasteiger partial charge is 0.383 e. The Bertz CT molecular complexity index is 864. The number of nitrogens with one attached hydrogen (secondary N) is 3. The van der Waals surface area contributed by atoms with Crippen LogP contribution in [0.1, 0.15) is 5.56 Å². The van der Waals surface area contributed by atoms with Crippen molar-refractivity contribution in [2.24, 2.45) is 0 Å². The predicted molar refractivity (Wildman–Crippen MR) is 103 cm³/mol. The summed E-state index contributed by atoms with van der Waals surface area (Å²) >= 11 is 0. The van der Waals surface area contributed by atoms with Crippen molar-refractivity contribution < 1.29 is 0 Å². The van der Waals surface area contributed by atoms with Gasteiger partial charge in [-0.05, 0) is 24.3 Å². The molecule has 0 bridgehead atoms. The molecule has 0 spiro atoms. The second kappa shape index (κ2) is 8.67. The van der Waals surface area contributed by atoms with Gasteiger partial charge in [0.2, 0.25) is 0 Å². The number of benzene rings is 2. The molecule has 2 aromatic carbocycles. The lowest BCUT2D eigenvalue weighted by Gasteiger charge is -2.11. The zero-order valence-corrected chi connectivity index (χ0v) is 14.0. The smallest absolute Gasteiger partial charge is 0.101 e. The number of fused-ring (bicyclic) bond motifs is 1. The Hall–Kier alpha value is -3.10. The van der Waals surface area contributed by atoms with Gasteiger partial charge < -0.3 is 16.0 Å². The summed E-state index contributed by atoms with van der Waals surface area (Å²) < 4.78 is 0. The monoisotopic (exact) mass is 331 g/mol. The first-order valence-electron chi connectivity index (χ1n) is 8.40. The van der Waals surface area contributed by atoms with Gasteiger partial charge in [0, 0.05) is 37.8 Å². The second-order valence-electron chi connectivity index (χ2n) is 5.64. The van der Waals surface area contributed by atoms with Gasteiger partial charge in [0.1, 0.15) is 6.07 Å². The molecule has 0 aliphatic rings. The molecular weight excluding hydrogens is 310 g/mol. The molecule has 0 fully saturated rings. The number of aromatic nitrogens is 1. The average molecular weight is 331 g/mol. The Balaban J connectivity index is 1.38. The van der Waals surface area contributed by atoms with E-state index in [0.717, 1.165) is 48.5 Å². The van der Waals surface area contributed by atoms with E-state index in [1.54, 1.807) is 0 Å². The van der Waals surface area contributed by atoms with Crippen LogP contribution in [0.5, 0.6) is 0 Å². The summed E-state index contributed by atoms with van der Waals surface area (Å²) in [6.45, 7) is 3.28. The van der Waals surface area contributed by atoms with Gasteiger partial charge in [-0.15, -0.1) is 0 Å². The van der Waals surface area contributed by atoms with Gasteiger partial charge in [0.25, 0.3) is 0 Å². The topological polar surface area (TPSA) is 72.8 Å². The van der Waals surface area contributed by atoms with E-state index in [4.69, 9.17) is 5.26 Å². The molecular formula is C20H21N5. The number of nitrogens with zero attached hydrogens (tertiary/aromatic N) is 2. The predicted octanol–water partition coefficient (Wildman–Crippen LogP) is 3.22. The maximum absolute atomic E-state index is 9.06. The minimum absolute atomic E-state index is 0.674. The van der Waals surface area contributed by atoms with E-state index in [0.29, 0.717) is 5.56 Å². The van der Waals surface area contributed by atoms with Crippen LogP contribution in [0.4, 0.5) is 11.4 Å². The van der Waals surface area contributed by atoms with Gasteiger partial charge in [0.15, 0.2) is 0 Å². The normalized spacial score (nSPS) is 10.4. The lowest BCUT2D eigenvalue weighted by molar-refractivity contribution is 0.719. The number of anilines is 2. The summed E-state index contributed by atoms with van der Waals surface area (Å²) in [5.41, 5.74) is 3.61. The number of hydrogen-bond acceptors (Lipinski definition) is 5. The van der Waals surface area contributed by atoms with Gasteiger partial charge in [-0.3, -0.25) is 4.98 Å². The van der Waals surface area contributed by atoms with Crippen LogP contribution >= 0.6 is 0 Å². The first kappa shape index (κ1) is 16.7. The first-order valence-corrected chi connectivity index (χ1v) is 8.40. The minimum atomic E-state index is 0.674. The molecule has 0 unspecified atom stereocenters. The van der Waals surface area contributed by atoms with Crippen LogP contribution in [0, 0.1) is 11.3 Å². The Morgan fingerprint density at radius 3 is 2.36 bits per heavy atom. The first-order chi connectivity index (χ1) is 12.4. The number of rotatable bonds is 8. The van der Waals surface area contributed by atoms with Crippen molar-refractivity contribution in [1.29, 1.82) is 5.26 Å². The van der Waals surface area contributed by atoms with Crippen LogP contribution in [-0.2, 0) is 0 Å². The third-order valence-electron chi connectivity index (χ3n) is 3.91. The van der Waals surface area contributed by atoms with Crippen molar-refractivity contribution in [3.05, 3.63) is 66.4 Å². The summed E-state index contributed by atoms with van der Waals surface area (Å²) in [7, 11) is 0. The van der Waals surface area contributed by atoms with E-state index in [-0.39, 0.29) is 0 Å². The molecule has 3 N–H and O–H groups in total. The van der Waals surface area contributed by atoms with Gasteiger partial charge in [-0.1, -0.05) is 30.3 Å². The highest BCUT2D eigenvalue weighted by Crippen LogP contribution is 2.20. The molecule has 1 heterocycles. The second-order valence-corrected chi connectivity index (χ2v) is 5.64. The van der Waals surface area contributed by atoms with Crippen molar-refractivity contribution >= 4 is 22.3 Å². The van der Waals surface area contributed by atoms with E-state index >= 15 is 0 Å². The molecule has 0 saturated carbocycles. The third-order valence-corrected chi connectivity index (χ3v) is 3.91. The zero-order chi connectivity index (χ0) is 17.3. The Morgan fingerprint density at radius 2 is 1.52 bits per heavy atom. The van der Waals surface area contributed by atoms with Gasteiger partial charge in [-0.25, -0.2) is 0 Å². The summed E-state index contributed by atoms with van der Waals surface area (Å²) in [6, 6.07) is 19.9. The van der Waals surface area contributed by atoms with E-state index in [1.165, 1.54) is 0 Å². The summed E-state index contributed by atoms with van der Waals surface area (Å²) in [5.74, 6) is 0. The molecule has 0 radical (unpaired) electrons. The Morgan fingerprint density at radius 1 is 0.800 bits per heavy atom. The molecule has 25 heavy (non-hydrogen) atoms. The number of para-hydroxylation sites is 2. The molecule has 0 aliphatic heterocycles. The van der Waals surface area contributed by atoms with Crippen molar-refractivity contribution in [3.8, 4) is 6.07 Å². The van der Waals surface area contributed by atoms with Crippen LogP contribution in [0.15, 0.2) is 60.8 Å². The summed E-state index contributed by atoms with van der Waals surface area (Å²) in [6.07, 6.45) is 1.82. The lowest BCUT2D eigenvalue weighted by Crippen LogP contribution is -2.27. The molecule has 3 aromatic rings. The highest BCUT2D eigenvalue weighted by atomic mass is 15.0. The maximum atomic E-state index is 9.06. The van der Waals surface area contributed by atoms with E-state index in [2.05, 4.69) is 45.2 Å². The molecule has 5 heteroatoms. The maximum Gasteiger partial charge on any atom is 0.101 e. The molecule has 126 valence electrons. The molecule has 0 aliphatic carbocycles. The quantitative estimate of drug-likeness (QED) is 0.553. The molecule has 1 aromatic heterocycles. The highest BCUT2D eigenvalue weighted by molar-refractivity contribution is 5.90. The number of nitriles is 1. The van der Waals surface area contributed by atoms with Crippen molar-refractivity contribution in [2.45, 2.75) is 0 Å². The third kappa shape index (κ3) is 4.46. The van der Waals surface area contributed by atoms with Crippen LogP contribution in [0.25, 0.3) is 10.9 Å². The summed E-state index contributed by atoms with van der Waals surface area (Å²) in [4.78, 5) is 4.44. The van der Waals surface area contributed by atoms with Crippen molar-refractivity contribution in [3.63, 3.8) is 0 Å². The fourth-order valence-corrected chi connectivity index (χ4v) is 2.68. The zero-order valence-electron chi connectivity index (χ0n) is 14.0. The fourth-order valence-electron chi connectivity index (χ4n) is 2.68. The average Bonchev–Trinajstić information content (AvgIpc) is 2.67. The lowest BCUT2D eigenvalue weighted by atomic mass is 10.2. The molecule has 3 rings (SSSR count). The molecule has 0 amide bonds. The van der Waals surface area contributed by atoms with Crippen molar-refractivity contribution in [1.82, 2.24) is 10.3 Å². The molecule has 5 nitrogen and oxygen atoms in total. The standard InChI is InChI=1S/C20H21N5/c21-15-17-5-1-2-8-18(17)23-13-11-22-12-14-24-19-9-3-6-16-7-4-10-25-20(16)19/h1-10,22-24H,11-14H2. The minimum Gasteiger partial charge on any atom is -0.383 e. The molecule has 0 saturated heterocycles. The Labute approximate surface area is 147 Å². The number of hydrogen-bond donors (Lipinski definition) is 3.